The number of thioether (sulfide) groups is 1. The Labute approximate surface area is 181 Å². The van der Waals surface area contributed by atoms with Crippen molar-refractivity contribution in [3.63, 3.8) is 0 Å². The molecule has 0 saturated heterocycles. The molecule has 1 N–H and O–H groups in total. The molecule has 2 aliphatic rings. The molecule has 158 valence electrons. The summed E-state index contributed by atoms with van der Waals surface area (Å²) in [6, 6.07) is 12.8. The number of carbonyl (C=O) groups is 2. The van der Waals surface area contributed by atoms with Crippen molar-refractivity contribution < 1.29 is 18.0 Å². The predicted octanol–water partition coefficient (Wildman–Crippen LogP) is 3.12. The number of hydrogen-bond acceptors (Lipinski definition) is 5. The Morgan fingerprint density at radius 3 is 2.73 bits per heavy atom. The fourth-order valence-electron chi connectivity index (χ4n) is 3.88. The van der Waals surface area contributed by atoms with E-state index in [1.54, 1.807) is 24.0 Å². The van der Waals surface area contributed by atoms with Gasteiger partial charge in [-0.25, -0.2) is 8.42 Å². The molecule has 0 fully saturated rings. The second-order valence-electron chi connectivity index (χ2n) is 7.77. The van der Waals surface area contributed by atoms with Crippen molar-refractivity contribution in [2.45, 2.75) is 36.1 Å². The second kappa shape index (κ2) is 8.43. The van der Waals surface area contributed by atoms with Crippen LogP contribution in [0.4, 0.5) is 5.69 Å². The van der Waals surface area contributed by atoms with Crippen LogP contribution in [0.2, 0.25) is 0 Å². The Kier molecular flexibility index (Phi) is 5.88. The minimum absolute atomic E-state index is 0.121. The van der Waals surface area contributed by atoms with E-state index in [-0.39, 0.29) is 22.5 Å². The number of nitrogens with one attached hydrogen (secondary N) is 1. The summed E-state index contributed by atoms with van der Waals surface area (Å²) in [5, 5.41) is 2.77. The maximum absolute atomic E-state index is 13.0. The molecule has 0 aromatic heterocycles. The first-order chi connectivity index (χ1) is 14.3. The van der Waals surface area contributed by atoms with Crippen LogP contribution in [0, 0.1) is 5.92 Å². The average Bonchev–Trinajstić information content (AvgIpc) is 2.92. The van der Waals surface area contributed by atoms with Crippen LogP contribution in [0.25, 0.3) is 0 Å². The number of sulfone groups is 1. The summed E-state index contributed by atoms with van der Waals surface area (Å²) in [6.45, 7) is 2.78. The highest BCUT2D eigenvalue weighted by atomic mass is 32.2. The molecule has 0 bridgehead atoms. The van der Waals surface area contributed by atoms with E-state index in [1.807, 2.05) is 18.2 Å². The molecular weight excluding hydrogens is 420 g/mol. The van der Waals surface area contributed by atoms with Gasteiger partial charge >= 0.3 is 0 Å². The lowest BCUT2D eigenvalue weighted by Gasteiger charge is -2.31. The van der Waals surface area contributed by atoms with Crippen LogP contribution in [-0.2, 0) is 32.4 Å². The quantitative estimate of drug-likeness (QED) is 0.783. The van der Waals surface area contributed by atoms with Crippen LogP contribution in [0.3, 0.4) is 0 Å². The number of amides is 2. The van der Waals surface area contributed by atoms with Crippen LogP contribution in [0.1, 0.15) is 24.5 Å². The van der Waals surface area contributed by atoms with Gasteiger partial charge in [0.25, 0.3) is 0 Å². The third-order valence-corrected chi connectivity index (χ3v) is 8.49. The SMILES string of the molecule is C[C@@H](CS(=O)(=O)c1ccc2c(c1)NC(=O)CCS2)C(=O)N1CCc2ccccc2C1. The first kappa shape index (κ1) is 20.9. The molecule has 2 aromatic rings. The molecule has 0 aliphatic carbocycles. The molecule has 2 aliphatic heterocycles. The summed E-state index contributed by atoms with van der Waals surface area (Å²) in [7, 11) is -3.67. The Morgan fingerprint density at radius 1 is 1.17 bits per heavy atom. The van der Waals surface area contributed by atoms with Crippen molar-refractivity contribution in [2.24, 2.45) is 5.92 Å². The van der Waals surface area contributed by atoms with Gasteiger partial charge < -0.3 is 10.2 Å². The zero-order valence-corrected chi connectivity index (χ0v) is 18.4. The molecule has 6 nitrogen and oxygen atoms in total. The lowest BCUT2D eigenvalue weighted by Crippen LogP contribution is -2.40. The monoisotopic (exact) mass is 444 g/mol. The van der Waals surface area contributed by atoms with E-state index < -0.39 is 15.8 Å². The summed E-state index contributed by atoms with van der Waals surface area (Å²) in [4.78, 5) is 27.5. The summed E-state index contributed by atoms with van der Waals surface area (Å²) >= 11 is 1.53. The van der Waals surface area contributed by atoms with E-state index in [1.165, 1.54) is 23.4 Å². The number of fused-ring (bicyclic) bond motifs is 2. The van der Waals surface area contributed by atoms with E-state index in [9.17, 15) is 18.0 Å². The van der Waals surface area contributed by atoms with E-state index >= 15 is 0 Å². The number of nitrogens with zero attached hydrogens (tertiary/aromatic N) is 1. The second-order valence-corrected chi connectivity index (χ2v) is 10.9. The molecule has 30 heavy (non-hydrogen) atoms. The Bertz CT molecular complexity index is 1100. The lowest BCUT2D eigenvalue weighted by atomic mass is 9.99. The van der Waals surface area contributed by atoms with Crippen LogP contribution in [0.15, 0.2) is 52.3 Å². The minimum atomic E-state index is -3.67. The number of benzene rings is 2. The van der Waals surface area contributed by atoms with Crippen molar-refractivity contribution in [3.05, 3.63) is 53.6 Å². The number of carbonyl (C=O) groups excluding carboxylic acids is 2. The highest BCUT2D eigenvalue weighted by Crippen LogP contribution is 2.33. The van der Waals surface area contributed by atoms with Crippen LogP contribution >= 0.6 is 11.8 Å². The Morgan fingerprint density at radius 2 is 1.93 bits per heavy atom. The molecule has 4 rings (SSSR count). The van der Waals surface area contributed by atoms with E-state index in [0.29, 0.717) is 31.0 Å². The Hall–Kier alpha value is -2.32. The smallest absolute Gasteiger partial charge is 0.226 e. The fourth-order valence-corrected chi connectivity index (χ4v) is 6.39. The standard InChI is InChI=1S/C22H24N2O4S2/c1-15(22(26)24-10-8-16-4-2-3-5-17(16)13-24)14-30(27,28)18-6-7-20-19(12-18)23-21(25)9-11-29-20/h2-7,12,15H,8-11,13-14H2,1H3,(H,23,25)/t15-/m0/s1. The summed E-state index contributed by atoms with van der Waals surface area (Å²) in [6.07, 6.45) is 1.18. The average molecular weight is 445 g/mol. The van der Waals surface area contributed by atoms with Crippen molar-refractivity contribution in [1.29, 1.82) is 0 Å². The molecular formula is C22H24N2O4S2. The maximum Gasteiger partial charge on any atom is 0.226 e. The van der Waals surface area contributed by atoms with Gasteiger partial charge in [0.1, 0.15) is 0 Å². The molecule has 0 spiro atoms. The van der Waals surface area contributed by atoms with Gasteiger partial charge in [-0.3, -0.25) is 9.59 Å². The van der Waals surface area contributed by atoms with Gasteiger partial charge in [0, 0.05) is 36.1 Å². The molecule has 1 atom stereocenters. The number of rotatable bonds is 4. The van der Waals surface area contributed by atoms with Crippen LogP contribution in [-0.4, -0.2) is 43.2 Å². The minimum Gasteiger partial charge on any atom is -0.338 e. The van der Waals surface area contributed by atoms with E-state index in [4.69, 9.17) is 0 Å². The number of hydrogen-bond donors (Lipinski definition) is 1. The number of anilines is 1. The predicted molar refractivity (Wildman–Crippen MR) is 117 cm³/mol. The normalized spacial score (nSPS) is 17.4. The van der Waals surface area contributed by atoms with Gasteiger partial charge in [-0.05, 0) is 35.7 Å². The van der Waals surface area contributed by atoms with Gasteiger partial charge in [0.05, 0.1) is 16.3 Å². The van der Waals surface area contributed by atoms with Gasteiger partial charge in [0.15, 0.2) is 9.84 Å². The molecule has 2 heterocycles. The topological polar surface area (TPSA) is 83.5 Å². The molecule has 2 aromatic carbocycles. The summed E-state index contributed by atoms with van der Waals surface area (Å²) in [5.74, 6) is -0.515. The first-order valence-corrected chi connectivity index (χ1v) is 12.6. The molecule has 0 radical (unpaired) electrons. The van der Waals surface area contributed by atoms with Gasteiger partial charge in [-0.2, -0.15) is 0 Å². The van der Waals surface area contributed by atoms with E-state index in [0.717, 1.165) is 16.9 Å². The first-order valence-electron chi connectivity index (χ1n) is 9.98. The third-order valence-electron chi connectivity index (χ3n) is 5.50. The zero-order chi connectivity index (χ0) is 21.3. The molecule has 0 saturated carbocycles. The van der Waals surface area contributed by atoms with Crippen molar-refractivity contribution in [2.75, 3.05) is 23.4 Å². The largest absolute Gasteiger partial charge is 0.338 e. The van der Waals surface area contributed by atoms with E-state index in [2.05, 4.69) is 11.4 Å². The van der Waals surface area contributed by atoms with Gasteiger partial charge in [-0.15, -0.1) is 11.8 Å². The van der Waals surface area contributed by atoms with Crippen LogP contribution in [0.5, 0.6) is 0 Å². The molecule has 2 amide bonds. The highest BCUT2D eigenvalue weighted by Gasteiger charge is 2.29. The summed E-state index contributed by atoms with van der Waals surface area (Å²) in [5.41, 5.74) is 2.88. The maximum atomic E-state index is 13.0. The zero-order valence-electron chi connectivity index (χ0n) is 16.8. The van der Waals surface area contributed by atoms with Crippen molar-refractivity contribution in [3.8, 4) is 0 Å². The third kappa shape index (κ3) is 4.39. The van der Waals surface area contributed by atoms with Gasteiger partial charge in [0.2, 0.25) is 11.8 Å². The van der Waals surface area contributed by atoms with Crippen LogP contribution < -0.4 is 5.32 Å². The highest BCUT2D eigenvalue weighted by molar-refractivity contribution is 7.99. The van der Waals surface area contributed by atoms with Gasteiger partial charge in [-0.1, -0.05) is 31.2 Å². The summed E-state index contributed by atoms with van der Waals surface area (Å²) < 4.78 is 26.0. The lowest BCUT2D eigenvalue weighted by molar-refractivity contribution is -0.135. The van der Waals surface area contributed by atoms with Crippen molar-refractivity contribution >= 4 is 39.1 Å². The van der Waals surface area contributed by atoms with Crippen molar-refractivity contribution in [1.82, 2.24) is 4.90 Å². The molecule has 0 unspecified atom stereocenters. The fraction of sp³-hybridized carbons (Fsp3) is 0.364. The Balaban J connectivity index is 1.48. The molecule has 8 heteroatoms.